The smallest absolute Gasteiger partial charge is 0.0860 e. The molecule has 1 N–H and O–H groups in total. The molecule has 1 aliphatic carbocycles. The predicted octanol–water partition coefficient (Wildman–Crippen LogP) is 2.29. The molecule has 18 heavy (non-hydrogen) atoms. The summed E-state index contributed by atoms with van der Waals surface area (Å²) >= 11 is 6.22. The number of methoxy groups -OCH3 is 1. The third-order valence-electron chi connectivity index (χ3n) is 3.85. The number of nitrogens with zero attached hydrogens (tertiary/aromatic N) is 2. The number of ether oxygens (including phenoxy) is 1. The van der Waals surface area contributed by atoms with E-state index in [0.717, 1.165) is 42.5 Å². The Morgan fingerprint density at radius 2 is 2.22 bits per heavy atom. The highest BCUT2D eigenvalue weighted by Crippen LogP contribution is 2.48. The second-order valence-corrected chi connectivity index (χ2v) is 5.69. The lowest BCUT2D eigenvalue weighted by molar-refractivity contribution is 0.171. The minimum absolute atomic E-state index is 0.468. The van der Waals surface area contributed by atoms with E-state index < -0.39 is 0 Å². The molecule has 0 aliphatic heterocycles. The highest BCUT2D eigenvalue weighted by Gasteiger charge is 2.41. The Hall–Kier alpha value is -0.580. The summed E-state index contributed by atoms with van der Waals surface area (Å²) in [7, 11) is 3.70. The van der Waals surface area contributed by atoms with Gasteiger partial charge in [-0.3, -0.25) is 4.68 Å². The molecule has 0 radical (unpaired) electrons. The second kappa shape index (κ2) is 5.59. The first-order valence-corrected chi connectivity index (χ1v) is 6.83. The minimum Gasteiger partial charge on any atom is -0.385 e. The first kappa shape index (κ1) is 13.8. The van der Waals surface area contributed by atoms with Gasteiger partial charge in [-0.05, 0) is 31.6 Å². The molecule has 0 amide bonds. The molecular formula is C13H22ClN3O. The van der Waals surface area contributed by atoms with Crippen LogP contribution < -0.4 is 5.32 Å². The average Bonchev–Trinajstić information content (AvgIpc) is 3.06. The molecule has 1 aromatic heterocycles. The molecule has 1 aliphatic rings. The summed E-state index contributed by atoms with van der Waals surface area (Å²) in [6.45, 7) is 4.61. The fourth-order valence-electron chi connectivity index (χ4n) is 2.33. The zero-order chi connectivity index (χ0) is 13.2. The van der Waals surface area contributed by atoms with E-state index in [0.29, 0.717) is 5.41 Å². The quantitative estimate of drug-likeness (QED) is 0.827. The largest absolute Gasteiger partial charge is 0.385 e. The fourth-order valence-corrected chi connectivity index (χ4v) is 2.56. The number of halogens is 1. The maximum Gasteiger partial charge on any atom is 0.0860 e. The number of nitrogens with one attached hydrogen (secondary N) is 1. The van der Waals surface area contributed by atoms with E-state index in [1.54, 1.807) is 7.11 Å². The molecule has 0 saturated heterocycles. The van der Waals surface area contributed by atoms with Crippen LogP contribution in [-0.4, -0.2) is 30.0 Å². The van der Waals surface area contributed by atoms with Crippen molar-refractivity contribution in [2.45, 2.75) is 32.7 Å². The zero-order valence-corrected chi connectivity index (χ0v) is 12.2. The Morgan fingerprint density at radius 1 is 1.50 bits per heavy atom. The van der Waals surface area contributed by atoms with Crippen molar-refractivity contribution in [3.63, 3.8) is 0 Å². The minimum atomic E-state index is 0.468. The third-order valence-corrected chi connectivity index (χ3v) is 4.34. The van der Waals surface area contributed by atoms with E-state index in [4.69, 9.17) is 16.3 Å². The highest BCUT2D eigenvalue weighted by molar-refractivity contribution is 6.31. The molecule has 0 spiro atoms. The van der Waals surface area contributed by atoms with Crippen molar-refractivity contribution in [2.24, 2.45) is 12.5 Å². The summed E-state index contributed by atoms with van der Waals surface area (Å²) in [6, 6.07) is 0. The normalized spacial score (nSPS) is 17.1. The fraction of sp³-hybridized carbons (Fsp3) is 0.769. The van der Waals surface area contributed by atoms with Gasteiger partial charge in [-0.25, -0.2) is 0 Å². The van der Waals surface area contributed by atoms with Crippen LogP contribution >= 0.6 is 11.6 Å². The van der Waals surface area contributed by atoms with Gasteiger partial charge in [0.05, 0.1) is 16.4 Å². The molecule has 102 valence electrons. The molecule has 2 rings (SSSR count). The Bertz CT molecular complexity index is 413. The van der Waals surface area contributed by atoms with Crippen LogP contribution in [-0.2, 0) is 18.3 Å². The maximum absolute atomic E-state index is 6.22. The highest BCUT2D eigenvalue weighted by atomic mass is 35.5. The van der Waals surface area contributed by atoms with E-state index in [9.17, 15) is 0 Å². The van der Waals surface area contributed by atoms with Gasteiger partial charge in [0.2, 0.25) is 0 Å². The second-order valence-electron chi connectivity index (χ2n) is 5.32. The summed E-state index contributed by atoms with van der Waals surface area (Å²) in [4.78, 5) is 0. The SMILES string of the molecule is COCCC1(CNCc2c(Cl)c(C)nn2C)CC1. The zero-order valence-electron chi connectivity index (χ0n) is 11.4. The Balaban J connectivity index is 1.82. The van der Waals surface area contributed by atoms with Crippen LogP contribution in [0.1, 0.15) is 30.7 Å². The van der Waals surface area contributed by atoms with Crippen molar-refractivity contribution in [3.8, 4) is 0 Å². The molecule has 1 saturated carbocycles. The van der Waals surface area contributed by atoms with Crippen molar-refractivity contribution in [2.75, 3.05) is 20.3 Å². The van der Waals surface area contributed by atoms with Crippen molar-refractivity contribution in [3.05, 3.63) is 16.4 Å². The lowest BCUT2D eigenvalue weighted by Crippen LogP contribution is -2.25. The molecule has 0 aromatic carbocycles. The summed E-state index contributed by atoms with van der Waals surface area (Å²) in [5.41, 5.74) is 2.43. The summed E-state index contributed by atoms with van der Waals surface area (Å²) in [6.07, 6.45) is 3.76. The number of aromatic nitrogens is 2. The van der Waals surface area contributed by atoms with Crippen molar-refractivity contribution in [1.29, 1.82) is 0 Å². The number of rotatable bonds is 7. The van der Waals surface area contributed by atoms with E-state index >= 15 is 0 Å². The first-order chi connectivity index (χ1) is 8.58. The molecule has 1 aromatic rings. The van der Waals surface area contributed by atoms with E-state index in [1.165, 1.54) is 12.8 Å². The van der Waals surface area contributed by atoms with Crippen LogP contribution in [0.25, 0.3) is 0 Å². The van der Waals surface area contributed by atoms with Crippen LogP contribution in [0.5, 0.6) is 0 Å². The standard InChI is InChI=1S/C13H22ClN3O/c1-10-12(14)11(17(2)16-10)8-15-9-13(4-5-13)6-7-18-3/h15H,4-9H2,1-3H3. The van der Waals surface area contributed by atoms with Crippen LogP contribution in [0.15, 0.2) is 0 Å². The van der Waals surface area contributed by atoms with Gasteiger partial charge in [-0.1, -0.05) is 11.6 Å². The van der Waals surface area contributed by atoms with Crippen molar-refractivity contribution in [1.82, 2.24) is 15.1 Å². The predicted molar refractivity (Wildman–Crippen MR) is 72.8 cm³/mol. The Labute approximate surface area is 114 Å². The topological polar surface area (TPSA) is 39.1 Å². The number of hydrogen-bond donors (Lipinski definition) is 1. The van der Waals surface area contributed by atoms with Crippen LogP contribution in [0.3, 0.4) is 0 Å². The molecule has 0 atom stereocenters. The lowest BCUT2D eigenvalue weighted by Gasteiger charge is -2.15. The lowest BCUT2D eigenvalue weighted by atomic mass is 10.0. The Kier molecular flexibility index (Phi) is 4.30. The van der Waals surface area contributed by atoms with Crippen LogP contribution in [0.4, 0.5) is 0 Å². The van der Waals surface area contributed by atoms with Gasteiger partial charge in [-0.15, -0.1) is 0 Å². The van der Waals surface area contributed by atoms with Gasteiger partial charge in [0.25, 0.3) is 0 Å². The van der Waals surface area contributed by atoms with Crippen LogP contribution in [0, 0.1) is 12.3 Å². The van der Waals surface area contributed by atoms with E-state index in [2.05, 4.69) is 10.4 Å². The van der Waals surface area contributed by atoms with Gasteiger partial charge in [0, 0.05) is 33.9 Å². The van der Waals surface area contributed by atoms with Gasteiger partial charge in [0.1, 0.15) is 0 Å². The van der Waals surface area contributed by atoms with Crippen LogP contribution in [0.2, 0.25) is 5.02 Å². The van der Waals surface area contributed by atoms with Gasteiger partial charge >= 0.3 is 0 Å². The van der Waals surface area contributed by atoms with Gasteiger partial charge < -0.3 is 10.1 Å². The molecule has 5 heteroatoms. The van der Waals surface area contributed by atoms with Crippen molar-refractivity contribution < 1.29 is 4.74 Å². The first-order valence-electron chi connectivity index (χ1n) is 6.46. The molecule has 1 heterocycles. The molecular weight excluding hydrogens is 250 g/mol. The summed E-state index contributed by atoms with van der Waals surface area (Å²) in [5, 5.41) is 8.61. The van der Waals surface area contributed by atoms with E-state index in [1.807, 2.05) is 18.7 Å². The van der Waals surface area contributed by atoms with Gasteiger partial charge in [-0.2, -0.15) is 5.10 Å². The monoisotopic (exact) mass is 271 g/mol. The summed E-state index contributed by atoms with van der Waals surface area (Å²) < 4.78 is 7.02. The Morgan fingerprint density at radius 3 is 2.72 bits per heavy atom. The number of hydrogen-bond acceptors (Lipinski definition) is 3. The average molecular weight is 272 g/mol. The van der Waals surface area contributed by atoms with Crippen molar-refractivity contribution >= 4 is 11.6 Å². The molecule has 0 bridgehead atoms. The third kappa shape index (κ3) is 3.05. The maximum atomic E-state index is 6.22. The molecule has 4 nitrogen and oxygen atoms in total. The summed E-state index contributed by atoms with van der Waals surface area (Å²) in [5.74, 6) is 0. The van der Waals surface area contributed by atoms with Gasteiger partial charge in [0.15, 0.2) is 0 Å². The van der Waals surface area contributed by atoms with E-state index in [-0.39, 0.29) is 0 Å². The number of aryl methyl sites for hydroxylation is 2. The molecule has 1 fully saturated rings. The molecule has 0 unspecified atom stereocenters.